The van der Waals surface area contributed by atoms with Gasteiger partial charge in [0.05, 0.1) is 11.5 Å². The minimum absolute atomic E-state index is 0.0186. The molecule has 2 heterocycles. The predicted octanol–water partition coefficient (Wildman–Crippen LogP) is 5.52. The summed E-state index contributed by atoms with van der Waals surface area (Å²) in [5, 5.41) is 0. The van der Waals surface area contributed by atoms with Crippen molar-refractivity contribution in [2.45, 2.75) is 49.6 Å². The van der Waals surface area contributed by atoms with Crippen molar-refractivity contribution < 1.29 is 21.9 Å². The van der Waals surface area contributed by atoms with Gasteiger partial charge in [-0.25, -0.2) is 17.2 Å². The van der Waals surface area contributed by atoms with Crippen molar-refractivity contribution in [3.8, 4) is 11.1 Å². The molecule has 0 amide bonds. The highest BCUT2D eigenvalue weighted by atomic mass is 32.2. The van der Waals surface area contributed by atoms with Crippen LogP contribution in [0.15, 0.2) is 65.6 Å². The van der Waals surface area contributed by atoms with E-state index in [2.05, 4.69) is 4.90 Å². The summed E-state index contributed by atoms with van der Waals surface area (Å²) in [5.74, 6) is -1.59. The van der Waals surface area contributed by atoms with Gasteiger partial charge >= 0.3 is 0 Å². The van der Waals surface area contributed by atoms with Crippen LogP contribution < -0.4 is 0 Å². The first kappa shape index (κ1) is 26.9. The molecular formula is C30H34F2N2O3S. The molecule has 2 fully saturated rings. The van der Waals surface area contributed by atoms with E-state index in [0.717, 1.165) is 42.1 Å². The predicted molar refractivity (Wildman–Crippen MR) is 145 cm³/mol. The second-order valence-electron chi connectivity index (χ2n) is 10.3. The van der Waals surface area contributed by atoms with Gasteiger partial charge in [-0.15, -0.1) is 0 Å². The van der Waals surface area contributed by atoms with Crippen molar-refractivity contribution in [1.29, 1.82) is 0 Å². The maximum Gasteiger partial charge on any atom is 0.243 e. The Bertz CT molecular complexity index is 1410. The van der Waals surface area contributed by atoms with Crippen molar-refractivity contribution in [1.82, 2.24) is 9.21 Å². The van der Waals surface area contributed by atoms with Crippen molar-refractivity contribution in [2.24, 2.45) is 0 Å². The van der Waals surface area contributed by atoms with Crippen molar-refractivity contribution in [3.63, 3.8) is 0 Å². The number of sulfonamides is 1. The maximum atomic E-state index is 14.2. The number of benzene rings is 3. The van der Waals surface area contributed by atoms with Gasteiger partial charge in [0.25, 0.3) is 0 Å². The molecule has 8 heteroatoms. The minimum atomic E-state index is -3.64. The van der Waals surface area contributed by atoms with Gasteiger partial charge in [0.1, 0.15) is 0 Å². The van der Waals surface area contributed by atoms with Crippen LogP contribution in [0.2, 0.25) is 0 Å². The molecule has 0 spiro atoms. The van der Waals surface area contributed by atoms with Crippen LogP contribution in [0.5, 0.6) is 0 Å². The number of halogens is 2. The normalized spacial score (nSPS) is 22.8. The fourth-order valence-corrected chi connectivity index (χ4v) is 7.84. The smallest absolute Gasteiger partial charge is 0.243 e. The van der Waals surface area contributed by atoms with Gasteiger partial charge in [0, 0.05) is 38.2 Å². The molecule has 0 radical (unpaired) electrons. The Hall–Kier alpha value is -2.65. The van der Waals surface area contributed by atoms with E-state index in [1.54, 1.807) is 36.5 Å². The maximum absolute atomic E-state index is 14.2. The summed E-state index contributed by atoms with van der Waals surface area (Å²) in [7, 11) is -1.94. The number of methoxy groups -OCH3 is 1. The molecule has 0 saturated carbocycles. The summed E-state index contributed by atoms with van der Waals surface area (Å²) < 4.78 is 62.5. The third-order valence-corrected chi connectivity index (χ3v) is 10.2. The molecule has 2 aliphatic rings. The molecule has 1 unspecified atom stereocenters. The van der Waals surface area contributed by atoms with Gasteiger partial charge in [-0.2, -0.15) is 4.31 Å². The zero-order chi connectivity index (χ0) is 27.0. The fraction of sp³-hybridized carbons (Fsp3) is 0.400. The molecule has 0 aromatic heterocycles. The highest BCUT2D eigenvalue weighted by Crippen LogP contribution is 2.43. The number of rotatable bonds is 6. The first-order chi connectivity index (χ1) is 18.2. The number of aryl methyl sites for hydroxylation is 1. The molecule has 5 rings (SSSR count). The average Bonchev–Trinajstić information content (AvgIpc) is 2.89. The van der Waals surface area contributed by atoms with E-state index < -0.39 is 21.7 Å². The molecule has 2 saturated heterocycles. The summed E-state index contributed by atoms with van der Waals surface area (Å²) in [4.78, 5) is 2.75. The lowest BCUT2D eigenvalue weighted by Gasteiger charge is -2.57. The fourth-order valence-electron chi connectivity index (χ4n) is 6.11. The number of hydrogen-bond acceptors (Lipinski definition) is 4. The molecule has 3 atom stereocenters. The Morgan fingerprint density at radius 2 is 1.66 bits per heavy atom. The van der Waals surface area contributed by atoms with E-state index in [1.165, 1.54) is 0 Å². The van der Waals surface area contributed by atoms with Gasteiger partial charge in [-0.05, 0) is 73.2 Å². The number of nitrogens with zero attached hydrogens (tertiary/aromatic N) is 2. The van der Waals surface area contributed by atoms with E-state index >= 15 is 0 Å². The lowest BCUT2D eigenvalue weighted by molar-refractivity contribution is -0.0635. The Labute approximate surface area is 224 Å². The molecule has 5 nitrogen and oxygen atoms in total. The molecule has 202 valence electrons. The van der Waals surface area contributed by atoms with Crippen LogP contribution in [0.3, 0.4) is 0 Å². The monoisotopic (exact) mass is 540 g/mol. The molecule has 0 N–H and O–H groups in total. The Morgan fingerprint density at radius 3 is 2.37 bits per heavy atom. The van der Waals surface area contributed by atoms with Gasteiger partial charge in [-0.3, -0.25) is 4.90 Å². The van der Waals surface area contributed by atoms with Gasteiger partial charge in [0.15, 0.2) is 11.6 Å². The Kier molecular flexibility index (Phi) is 7.69. The number of ether oxygens (including phenoxy) is 1. The van der Waals surface area contributed by atoms with Crippen LogP contribution in [0.25, 0.3) is 11.1 Å². The quantitative estimate of drug-likeness (QED) is 0.413. The summed E-state index contributed by atoms with van der Waals surface area (Å²) in [5.41, 5.74) is 3.58. The van der Waals surface area contributed by atoms with Crippen LogP contribution in [0, 0.1) is 25.5 Å². The zero-order valence-electron chi connectivity index (χ0n) is 22.0. The standard InChI is InChI=1S/C30H34F2N2O3S/c1-20-8-4-5-9-28(20)38(35,36)33-16-6-7-17-34-26(18-33)29(27(34)19-37-3)23-12-10-22(11-13-23)24-14-15-25(31)30(32)21(24)2/h4-5,8-15,26-27,29H,6-7,16-19H2,1-3H3/t26-,27?,29-/m0/s1. The highest BCUT2D eigenvalue weighted by molar-refractivity contribution is 7.89. The largest absolute Gasteiger partial charge is 0.383 e. The number of hydrogen-bond donors (Lipinski definition) is 0. The van der Waals surface area contributed by atoms with Gasteiger partial charge in [-0.1, -0.05) is 48.5 Å². The minimum Gasteiger partial charge on any atom is -0.383 e. The van der Waals surface area contributed by atoms with Crippen LogP contribution in [-0.4, -0.2) is 63.1 Å². The van der Waals surface area contributed by atoms with E-state index in [-0.39, 0.29) is 23.6 Å². The van der Waals surface area contributed by atoms with Crippen LogP contribution in [0.4, 0.5) is 8.78 Å². The van der Waals surface area contributed by atoms with Gasteiger partial charge in [0.2, 0.25) is 10.0 Å². The van der Waals surface area contributed by atoms with E-state index in [0.29, 0.717) is 30.2 Å². The molecule has 3 aromatic rings. The van der Waals surface area contributed by atoms with Crippen LogP contribution >= 0.6 is 0 Å². The SMILES string of the molecule is COCC1[C@@H](c2ccc(-c3ccc(F)c(F)c3C)cc2)[C@@H]2CN(S(=O)(=O)c3ccccc3C)CCCCN12. The number of fused-ring (bicyclic) bond motifs is 1. The van der Waals surface area contributed by atoms with Crippen molar-refractivity contribution >= 4 is 10.0 Å². The lowest BCUT2D eigenvalue weighted by Crippen LogP contribution is -2.68. The molecular weight excluding hydrogens is 506 g/mol. The second-order valence-corrected chi connectivity index (χ2v) is 12.3. The first-order valence-corrected chi connectivity index (χ1v) is 14.5. The summed E-state index contributed by atoms with van der Waals surface area (Å²) in [6.07, 6.45) is 1.72. The van der Waals surface area contributed by atoms with Crippen LogP contribution in [0.1, 0.15) is 35.4 Å². The molecule has 3 aromatic carbocycles. The first-order valence-electron chi connectivity index (χ1n) is 13.1. The third kappa shape index (κ3) is 4.79. The van der Waals surface area contributed by atoms with Crippen molar-refractivity contribution in [2.75, 3.05) is 33.4 Å². The van der Waals surface area contributed by atoms with E-state index in [4.69, 9.17) is 4.74 Å². The van der Waals surface area contributed by atoms with Crippen LogP contribution in [-0.2, 0) is 14.8 Å². The molecule has 2 aliphatic heterocycles. The Balaban J connectivity index is 1.46. The van der Waals surface area contributed by atoms with Gasteiger partial charge < -0.3 is 4.74 Å². The summed E-state index contributed by atoms with van der Waals surface area (Å²) >= 11 is 0. The summed E-state index contributed by atoms with van der Waals surface area (Å²) in [6, 6.07) is 18.0. The lowest BCUT2D eigenvalue weighted by atomic mass is 9.74. The zero-order valence-corrected chi connectivity index (χ0v) is 22.8. The van der Waals surface area contributed by atoms with E-state index in [9.17, 15) is 17.2 Å². The molecule has 0 bridgehead atoms. The Morgan fingerprint density at radius 1 is 0.947 bits per heavy atom. The highest BCUT2D eigenvalue weighted by Gasteiger charge is 2.50. The molecule has 0 aliphatic carbocycles. The van der Waals surface area contributed by atoms with E-state index in [1.807, 2.05) is 43.3 Å². The summed E-state index contributed by atoms with van der Waals surface area (Å²) in [6.45, 7) is 5.77. The topological polar surface area (TPSA) is 49.9 Å². The average molecular weight is 541 g/mol. The second kappa shape index (κ2) is 10.8. The molecule has 38 heavy (non-hydrogen) atoms. The third-order valence-electron chi connectivity index (χ3n) is 8.14. The van der Waals surface area contributed by atoms with Crippen molar-refractivity contribution in [3.05, 3.63) is 89.0 Å².